The molecule has 3 N–H and O–H groups in total. The van der Waals surface area contributed by atoms with E-state index in [0.29, 0.717) is 29.7 Å². The molecule has 2 aromatic rings. The monoisotopic (exact) mass is 371 g/mol. The summed E-state index contributed by atoms with van der Waals surface area (Å²) in [4.78, 5) is 26.5. The number of methoxy groups -OCH3 is 1. The van der Waals surface area contributed by atoms with Gasteiger partial charge in [-0.15, -0.1) is 0 Å². The quantitative estimate of drug-likeness (QED) is 0.813. The molecule has 1 unspecified atom stereocenters. The number of nitrogens with one attached hydrogen (secondary N) is 1. The predicted molar refractivity (Wildman–Crippen MR) is 103 cm³/mol. The standard InChI is InChI=1S/C20H25N3O4/c1-13-5-3-4-10-23(13)17-8-6-14(19(21)24)11-16(17)22-20(25)18-9-7-15(27-18)12-26-2/h6-9,11,13H,3-5,10,12H2,1-2H3,(H2,21,24)(H,22,25). The fourth-order valence-electron chi connectivity index (χ4n) is 3.40. The molecule has 1 aliphatic rings. The van der Waals surface area contributed by atoms with Gasteiger partial charge in [0, 0.05) is 25.3 Å². The van der Waals surface area contributed by atoms with Crippen molar-refractivity contribution in [3.63, 3.8) is 0 Å². The number of nitrogens with zero attached hydrogens (tertiary/aromatic N) is 1. The van der Waals surface area contributed by atoms with Gasteiger partial charge in [-0.1, -0.05) is 0 Å². The Hall–Kier alpha value is -2.80. The zero-order chi connectivity index (χ0) is 19.4. The van der Waals surface area contributed by atoms with Crippen molar-refractivity contribution in [3.05, 3.63) is 47.4 Å². The minimum Gasteiger partial charge on any atom is -0.453 e. The van der Waals surface area contributed by atoms with Crippen LogP contribution in [0.25, 0.3) is 0 Å². The highest BCUT2D eigenvalue weighted by atomic mass is 16.5. The molecular formula is C20H25N3O4. The van der Waals surface area contributed by atoms with Crippen LogP contribution in [0.5, 0.6) is 0 Å². The maximum absolute atomic E-state index is 12.6. The summed E-state index contributed by atoms with van der Waals surface area (Å²) in [6.45, 7) is 3.36. The molecule has 2 amide bonds. The Morgan fingerprint density at radius 2 is 2.11 bits per heavy atom. The summed E-state index contributed by atoms with van der Waals surface area (Å²) in [5, 5.41) is 2.87. The first-order chi connectivity index (χ1) is 13.0. The van der Waals surface area contributed by atoms with Crippen molar-refractivity contribution in [1.29, 1.82) is 0 Å². The van der Waals surface area contributed by atoms with Crippen molar-refractivity contribution in [2.24, 2.45) is 5.73 Å². The zero-order valence-electron chi connectivity index (χ0n) is 15.7. The number of benzene rings is 1. The Morgan fingerprint density at radius 3 is 2.81 bits per heavy atom. The van der Waals surface area contributed by atoms with Gasteiger partial charge in [-0.25, -0.2) is 0 Å². The highest BCUT2D eigenvalue weighted by molar-refractivity contribution is 6.05. The van der Waals surface area contributed by atoms with Crippen molar-refractivity contribution in [1.82, 2.24) is 0 Å². The van der Waals surface area contributed by atoms with E-state index in [1.807, 2.05) is 6.07 Å². The number of hydrogen-bond donors (Lipinski definition) is 2. The van der Waals surface area contributed by atoms with Gasteiger partial charge < -0.3 is 25.1 Å². The second kappa shape index (κ2) is 8.26. The normalized spacial score (nSPS) is 17.0. The number of carbonyl (C=O) groups is 2. The summed E-state index contributed by atoms with van der Waals surface area (Å²) in [7, 11) is 1.56. The van der Waals surface area contributed by atoms with E-state index in [1.165, 1.54) is 6.42 Å². The summed E-state index contributed by atoms with van der Waals surface area (Å²) < 4.78 is 10.5. The Balaban J connectivity index is 1.89. The average molecular weight is 371 g/mol. The highest BCUT2D eigenvalue weighted by Gasteiger charge is 2.23. The Labute approximate surface area is 158 Å². The van der Waals surface area contributed by atoms with E-state index in [0.717, 1.165) is 25.1 Å². The van der Waals surface area contributed by atoms with Gasteiger partial charge in [0.2, 0.25) is 5.91 Å². The first-order valence-electron chi connectivity index (χ1n) is 9.09. The van der Waals surface area contributed by atoms with Crippen molar-refractivity contribution in [2.75, 3.05) is 23.9 Å². The molecule has 0 spiro atoms. The number of furan rings is 1. The third-order valence-electron chi connectivity index (χ3n) is 4.81. The topological polar surface area (TPSA) is 97.8 Å². The highest BCUT2D eigenvalue weighted by Crippen LogP contribution is 2.32. The molecule has 144 valence electrons. The van der Waals surface area contributed by atoms with Crippen LogP contribution in [-0.4, -0.2) is 31.5 Å². The van der Waals surface area contributed by atoms with Gasteiger partial charge in [0.25, 0.3) is 5.91 Å². The molecule has 1 aromatic carbocycles. The number of carbonyl (C=O) groups excluding carboxylic acids is 2. The molecule has 7 heteroatoms. The minimum atomic E-state index is -0.538. The SMILES string of the molecule is COCc1ccc(C(=O)Nc2cc(C(N)=O)ccc2N2CCCCC2C)o1. The van der Waals surface area contributed by atoms with Crippen LogP contribution in [0.15, 0.2) is 34.7 Å². The lowest BCUT2D eigenvalue weighted by Crippen LogP contribution is -2.38. The lowest BCUT2D eigenvalue weighted by atomic mass is 10.0. The summed E-state index contributed by atoms with van der Waals surface area (Å²) >= 11 is 0. The second-order valence-corrected chi connectivity index (χ2v) is 6.79. The van der Waals surface area contributed by atoms with Gasteiger partial charge in [-0.3, -0.25) is 9.59 Å². The fraction of sp³-hybridized carbons (Fsp3) is 0.400. The molecule has 1 aliphatic heterocycles. The molecule has 27 heavy (non-hydrogen) atoms. The Morgan fingerprint density at radius 1 is 1.30 bits per heavy atom. The van der Waals surface area contributed by atoms with Gasteiger partial charge in [0.1, 0.15) is 12.4 Å². The van der Waals surface area contributed by atoms with Crippen LogP contribution in [0, 0.1) is 0 Å². The second-order valence-electron chi connectivity index (χ2n) is 6.79. The summed E-state index contributed by atoms with van der Waals surface area (Å²) in [5.74, 6) is -0.170. The van der Waals surface area contributed by atoms with Gasteiger partial charge in [0.05, 0.1) is 11.4 Å². The molecule has 7 nitrogen and oxygen atoms in total. The number of hydrogen-bond acceptors (Lipinski definition) is 5. The molecule has 0 radical (unpaired) electrons. The van der Waals surface area contributed by atoms with Gasteiger partial charge in [0.15, 0.2) is 5.76 Å². The largest absolute Gasteiger partial charge is 0.453 e. The minimum absolute atomic E-state index is 0.184. The zero-order valence-corrected chi connectivity index (χ0v) is 15.7. The van der Waals surface area contributed by atoms with Crippen LogP contribution in [0.4, 0.5) is 11.4 Å². The van der Waals surface area contributed by atoms with Crippen molar-refractivity contribution >= 4 is 23.2 Å². The number of nitrogens with two attached hydrogens (primary N) is 1. The third kappa shape index (κ3) is 4.31. The average Bonchev–Trinajstić information content (AvgIpc) is 3.11. The number of primary amides is 1. The lowest BCUT2D eigenvalue weighted by Gasteiger charge is -2.36. The van der Waals surface area contributed by atoms with Crippen LogP contribution in [0.1, 0.15) is 52.9 Å². The van der Waals surface area contributed by atoms with Crippen LogP contribution in [-0.2, 0) is 11.3 Å². The van der Waals surface area contributed by atoms with Gasteiger partial charge in [-0.2, -0.15) is 0 Å². The molecule has 1 atom stereocenters. The molecule has 1 saturated heterocycles. The molecule has 3 rings (SSSR count). The van der Waals surface area contributed by atoms with Crippen LogP contribution >= 0.6 is 0 Å². The van der Waals surface area contributed by atoms with E-state index >= 15 is 0 Å². The maximum Gasteiger partial charge on any atom is 0.291 e. The predicted octanol–water partition coefficient (Wildman–Crippen LogP) is 3.16. The Bertz CT molecular complexity index is 830. The van der Waals surface area contributed by atoms with E-state index in [9.17, 15) is 9.59 Å². The van der Waals surface area contributed by atoms with Gasteiger partial charge in [-0.05, 0) is 56.5 Å². The maximum atomic E-state index is 12.6. The number of piperidine rings is 1. The number of anilines is 2. The van der Waals surface area contributed by atoms with Crippen LogP contribution in [0.2, 0.25) is 0 Å². The first kappa shape index (κ1) is 19.0. The van der Waals surface area contributed by atoms with Gasteiger partial charge >= 0.3 is 0 Å². The van der Waals surface area contributed by atoms with E-state index in [2.05, 4.69) is 17.1 Å². The molecule has 0 bridgehead atoms. The Kier molecular flexibility index (Phi) is 5.81. The van der Waals surface area contributed by atoms with Crippen molar-refractivity contribution in [2.45, 2.75) is 38.8 Å². The van der Waals surface area contributed by atoms with E-state index in [4.69, 9.17) is 14.9 Å². The fourth-order valence-corrected chi connectivity index (χ4v) is 3.40. The molecule has 0 aliphatic carbocycles. The molecular weight excluding hydrogens is 346 g/mol. The first-order valence-corrected chi connectivity index (χ1v) is 9.09. The van der Waals surface area contributed by atoms with E-state index in [-0.39, 0.29) is 11.7 Å². The molecule has 1 aromatic heterocycles. The van der Waals surface area contributed by atoms with E-state index in [1.54, 1.807) is 31.4 Å². The van der Waals surface area contributed by atoms with E-state index < -0.39 is 5.91 Å². The number of ether oxygens (including phenoxy) is 1. The van der Waals surface area contributed by atoms with Crippen molar-refractivity contribution < 1.29 is 18.7 Å². The molecule has 2 heterocycles. The smallest absolute Gasteiger partial charge is 0.291 e. The molecule has 1 fully saturated rings. The van der Waals surface area contributed by atoms with Crippen LogP contribution < -0.4 is 16.0 Å². The number of rotatable bonds is 6. The number of amides is 2. The van der Waals surface area contributed by atoms with Crippen LogP contribution in [0.3, 0.4) is 0 Å². The molecule has 0 saturated carbocycles. The lowest BCUT2D eigenvalue weighted by molar-refractivity contribution is 0.0982. The summed E-state index contributed by atoms with van der Waals surface area (Å²) in [6.07, 6.45) is 3.37. The summed E-state index contributed by atoms with van der Waals surface area (Å²) in [5.41, 5.74) is 7.19. The summed E-state index contributed by atoms with van der Waals surface area (Å²) in [6, 6.07) is 8.81. The third-order valence-corrected chi connectivity index (χ3v) is 4.81. The van der Waals surface area contributed by atoms with Crippen molar-refractivity contribution in [3.8, 4) is 0 Å².